The molecule has 124 valence electrons. The first kappa shape index (κ1) is 17.5. The molecule has 1 aliphatic rings. The molecule has 0 aliphatic heterocycles. The quantitative estimate of drug-likeness (QED) is 0.506. The first-order chi connectivity index (χ1) is 11.1. The van der Waals surface area contributed by atoms with Crippen LogP contribution in [0.5, 0.6) is 0 Å². The average molecular weight is 336 g/mol. The number of benzene rings is 1. The number of hydrogen-bond donors (Lipinski definition) is 1. The fourth-order valence-electron chi connectivity index (χ4n) is 2.65. The van der Waals surface area contributed by atoms with Gasteiger partial charge in [-0.2, -0.15) is 0 Å². The summed E-state index contributed by atoms with van der Waals surface area (Å²) in [7, 11) is 0. The Bertz CT molecular complexity index is 563. The van der Waals surface area contributed by atoms with Gasteiger partial charge in [-0.3, -0.25) is 4.79 Å². The van der Waals surface area contributed by atoms with E-state index in [9.17, 15) is 9.59 Å². The van der Waals surface area contributed by atoms with Crippen LogP contribution in [0.25, 0.3) is 6.08 Å². The van der Waals surface area contributed by atoms with Crippen molar-refractivity contribution in [3.05, 3.63) is 40.9 Å². The van der Waals surface area contributed by atoms with Crippen LogP contribution in [0.4, 0.5) is 0 Å². The van der Waals surface area contributed by atoms with Crippen LogP contribution in [-0.4, -0.2) is 24.5 Å². The molecule has 0 aromatic heterocycles. The minimum absolute atomic E-state index is 0.211. The van der Waals surface area contributed by atoms with Gasteiger partial charge in [-0.25, -0.2) is 4.79 Å². The van der Waals surface area contributed by atoms with Gasteiger partial charge in [-0.15, -0.1) is 0 Å². The third-order valence-corrected chi connectivity index (χ3v) is 4.21. The molecular formula is C18H22ClNO3. The van der Waals surface area contributed by atoms with Gasteiger partial charge in [0.2, 0.25) is 0 Å². The standard InChI is InChI=1S/C18H22ClNO3/c19-16-10-6-5-7-14(16)11-12-18(22)23-13-17(21)20-15-8-3-1-2-4-9-15/h5-7,10-12,15H,1-4,8-9,13H2,(H,20,21). The second-order valence-electron chi connectivity index (χ2n) is 5.72. The van der Waals surface area contributed by atoms with Gasteiger partial charge >= 0.3 is 5.97 Å². The molecule has 1 N–H and O–H groups in total. The lowest BCUT2D eigenvalue weighted by Crippen LogP contribution is -2.37. The number of rotatable bonds is 5. The highest BCUT2D eigenvalue weighted by molar-refractivity contribution is 6.32. The van der Waals surface area contributed by atoms with E-state index in [1.54, 1.807) is 18.2 Å². The zero-order valence-electron chi connectivity index (χ0n) is 13.1. The Morgan fingerprint density at radius 2 is 1.87 bits per heavy atom. The number of carbonyl (C=O) groups is 2. The molecule has 1 aromatic carbocycles. The molecule has 0 radical (unpaired) electrons. The van der Waals surface area contributed by atoms with Gasteiger partial charge in [-0.05, 0) is 30.5 Å². The lowest BCUT2D eigenvalue weighted by molar-refractivity contribution is -0.144. The molecule has 2 rings (SSSR count). The molecule has 0 bridgehead atoms. The molecule has 1 aromatic rings. The van der Waals surface area contributed by atoms with E-state index in [0.717, 1.165) is 31.2 Å². The molecule has 1 saturated carbocycles. The fraction of sp³-hybridized carbons (Fsp3) is 0.444. The number of esters is 1. The first-order valence-corrected chi connectivity index (χ1v) is 8.41. The Kier molecular flexibility index (Phi) is 7.14. The van der Waals surface area contributed by atoms with Gasteiger partial charge in [0, 0.05) is 17.1 Å². The van der Waals surface area contributed by atoms with Crippen LogP contribution in [-0.2, 0) is 14.3 Å². The van der Waals surface area contributed by atoms with Gasteiger partial charge < -0.3 is 10.1 Å². The van der Waals surface area contributed by atoms with E-state index in [-0.39, 0.29) is 18.6 Å². The Hall–Kier alpha value is -1.81. The highest BCUT2D eigenvalue weighted by Gasteiger charge is 2.15. The van der Waals surface area contributed by atoms with Crippen LogP contribution in [0.2, 0.25) is 5.02 Å². The monoisotopic (exact) mass is 335 g/mol. The van der Waals surface area contributed by atoms with E-state index >= 15 is 0 Å². The lowest BCUT2D eigenvalue weighted by Gasteiger charge is -2.15. The van der Waals surface area contributed by atoms with E-state index in [0.29, 0.717) is 5.02 Å². The maximum absolute atomic E-state index is 11.8. The highest BCUT2D eigenvalue weighted by atomic mass is 35.5. The minimum atomic E-state index is -0.555. The Morgan fingerprint density at radius 3 is 2.57 bits per heavy atom. The van der Waals surface area contributed by atoms with Crippen LogP contribution in [0.3, 0.4) is 0 Å². The summed E-state index contributed by atoms with van der Waals surface area (Å²) >= 11 is 5.99. The second kappa shape index (κ2) is 9.36. The van der Waals surface area contributed by atoms with Crippen molar-refractivity contribution in [2.75, 3.05) is 6.61 Å². The highest BCUT2D eigenvalue weighted by Crippen LogP contribution is 2.17. The molecule has 1 fully saturated rings. The van der Waals surface area contributed by atoms with Crippen molar-refractivity contribution in [2.24, 2.45) is 0 Å². The first-order valence-electron chi connectivity index (χ1n) is 8.04. The zero-order valence-corrected chi connectivity index (χ0v) is 13.8. The summed E-state index contributed by atoms with van der Waals surface area (Å²) in [5.74, 6) is -0.794. The molecule has 23 heavy (non-hydrogen) atoms. The summed E-state index contributed by atoms with van der Waals surface area (Å²) < 4.78 is 4.96. The molecule has 0 spiro atoms. The Labute approximate surface area is 141 Å². The topological polar surface area (TPSA) is 55.4 Å². The maximum atomic E-state index is 11.8. The molecule has 0 atom stereocenters. The third-order valence-electron chi connectivity index (χ3n) is 3.87. The SMILES string of the molecule is O=C(COC(=O)C=Cc1ccccc1Cl)NC1CCCCCC1. The predicted molar refractivity (Wildman–Crippen MR) is 91.1 cm³/mol. The van der Waals surface area contributed by atoms with Crippen molar-refractivity contribution in [1.82, 2.24) is 5.32 Å². The lowest BCUT2D eigenvalue weighted by atomic mass is 10.1. The minimum Gasteiger partial charge on any atom is -0.452 e. The summed E-state index contributed by atoms with van der Waals surface area (Å²) in [6.07, 6.45) is 9.62. The summed E-state index contributed by atoms with van der Waals surface area (Å²) in [4.78, 5) is 23.5. The number of carbonyl (C=O) groups excluding carboxylic acids is 2. The average Bonchev–Trinajstić information content (AvgIpc) is 2.81. The molecule has 1 aliphatic carbocycles. The van der Waals surface area contributed by atoms with Gasteiger partial charge in [0.05, 0.1) is 0 Å². The summed E-state index contributed by atoms with van der Waals surface area (Å²) in [6.45, 7) is -0.248. The maximum Gasteiger partial charge on any atom is 0.331 e. The molecule has 1 amide bonds. The van der Waals surface area contributed by atoms with Crippen molar-refractivity contribution in [2.45, 2.75) is 44.6 Å². The van der Waals surface area contributed by atoms with Crippen LogP contribution >= 0.6 is 11.6 Å². The van der Waals surface area contributed by atoms with Crippen LogP contribution < -0.4 is 5.32 Å². The summed E-state index contributed by atoms with van der Waals surface area (Å²) in [6, 6.07) is 7.40. The largest absolute Gasteiger partial charge is 0.452 e. The van der Waals surface area contributed by atoms with E-state index in [1.807, 2.05) is 12.1 Å². The van der Waals surface area contributed by atoms with E-state index in [2.05, 4.69) is 5.32 Å². The van der Waals surface area contributed by atoms with Gasteiger partial charge in [0.15, 0.2) is 6.61 Å². The molecule has 0 saturated heterocycles. The van der Waals surface area contributed by atoms with E-state index in [4.69, 9.17) is 16.3 Å². The van der Waals surface area contributed by atoms with Gasteiger partial charge in [0.25, 0.3) is 5.91 Å². The molecule has 5 heteroatoms. The number of nitrogens with one attached hydrogen (secondary N) is 1. The Morgan fingerprint density at radius 1 is 1.17 bits per heavy atom. The molecular weight excluding hydrogens is 314 g/mol. The van der Waals surface area contributed by atoms with Crippen molar-refractivity contribution >= 4 is 29.6 Å². The fourth-order valence-corrected chi connectivity index (χ4v) is 2.84. The Balaban J connectivity index is 1.73. The molecule has 4 nitrogen and oxygen atoms in total. The van der Waals surface area contributed by atoms with Crippen LogP contribution in [0.15, 0.2) is 30.3 Å². The number of ether oxygens (including phenoxy) is 1. The summed E-state index contributed by atoms with van der Waals surface area (Å²) in [5.41, 5.74) is 0.731. The zero-order chi connectivity index (χ0) is 16.5. The smallest absolute Gasteiger partial charge is 0.331 e. The second-order valence-corrected chi connectivity index (χ2v) is 6.13. The van der Waals surface area contributed by atoms with Crippen molar-refractivity contribution in [3.63, 3.8) is 0 Å². The number of halogens is 1. The van der Waals surface area contributed by atoms with E-state index < -0.39 is 5.97 Å². The van der Waals surface area contributed by atoms with E-state index in [1.165, 1.54) is 18.9 Å². The van der Waals surface area contributed by atoms with Crippen molar-refractivity contribution < 1.29 is 14.3 Å². The van der Waals surface area contributed by atoms with Gasteiger partial charge in [-0.1, -0.05) is 55.5 Å². The van der Waals surface area contributed by atoms with Gasteiger partial charge in [0.1, 0.15) is 0 Å². The number of hydrogen-bond acceptors (Lipinski definition) is 3. The van der Waals surface area contributed by atoms with Crippen LogP contribution in [0.1, 0.15) is 44.1 Å². The summed E-state index contributed by atoms with van der Waals surface area (Å²) in [5, 5.41) is 3.49. The predicted octanol–water partition coefficient (Wildman–Crippen LogP) is 3.74. The number of amides is 1. The van der Waals surface area contributed by atoms with Crippen molar-refractivity contribution in [1.29, 1.82) is 0 Å². The molecule has 0 unspecified atom stereocenters. The van der Waals surface area contributed by atoms with Crippen LogP contribution in [0, 0.1) is 0 Å². The third kappa shape index (κ3) is 6.45. The molecule has 0 heterocycles. The van der Waals surface area contributed by atoms with Crippen molar-refractivity contribution in [3.8, 4) is 0 Å². The normalized spacial score (nSPS) is 16.0.